The van der Waals surface area contributed by atoms with Crippen LogP contribution in [0.3, 0.4) is 0 Å². The highest BCUT2D eigenvalue weighted by atomic mass is 16.7. The molecule has 1 amide bonds. The summed E-state index contributed by atoms with van der Waals surface area (Å²) < 4.78 is 11.2. The van der Waals surface area contributed by atoms with Crippen molar-refractivity contribution in [2.75, 3.05) is 13.2 Å². The van der Waals surface area contributed by atoms with Gasteiger partial charge in [0.1, 0.15) is 24.4 Å². The van der Waals surface area contributed by atoms with E-state index in [2.05, 4.69) is 67.8 Å². The second kappa shape index (κ2) is 46.6. The van der Waals surface area contributed by atoms with Crippen molar-refractivity contribution in [1.29, 1.82) is 0 Å². The van der Waals surface area contributed by atoms with Crippen molar-refractivity contribution in [3.05, 3.63) is 60.8 Å². The van der Waals surface area contributed by atoms with E-state index in [1.807, 2.05) is 6.08 Å². The summed E-state index contributed by atoms with van der Waals surface area (Å²) in [6.45, 7) is 3.65. The van der Waals surface area contributed by atoms with Crippen LogP contribution in [0.2, 0.25) is 0 Å². The topological polar surface area (TPSA) is 149 Å². The highest BCUT2D eigenvalue weighted by Crippen LogP contribution is 2.23. The van der Waals surface area contributed by atoms with Gasteiger partial charge in [0.05, 0.1) is 25.4 Å². The lowest BCUT2D eigenvalue weighted by Gasteiger charge is -2.40. The third-order valence-corrected chi connectivity index (χ3v) is 12.8. The highest BCUT2D eigenvalue weighted by Gasteiger charge is 2.44. The van der Waals surface area contributed by atoms with Crippen LogP contribution in [0.4, 0.5) is 0 Å². The van der Waals surface area contributed by atoms with Crippen LogP contribution in [0.15, 0.2) is 60.8 Å². The van der Waals surface area contributed by atoms with E-state index in [-0.39, 0.29) is 12.5 Å². The lowest BCUT2D eigenvalue weighted by molar-refractivity contribution is -0.302. The number of amides is 1. The first kappa shape index (κ1) is 61.9. The van der Waals surface area contributed by atoms with Crippen molar-refractivity contribution in [3.8, 4) is 0 Å². The molecule has 0 saturated carbocycles. The fourth-order valence-electron chi connectivity index (χ4n) is 8.50. The third kappa shape index (κ3) is 36.0. The smallest absolute Gasteiger partial charge is 0.220 e. The van der Waals surface area contributed by atoms with E-state index in [1.165, 1.54) is 154 Å². The van der Waals surface area contributed by atoms with Gasteiger partial charge in [-0.25, -0.2) is 0 Å². The average Bonchev–Trinajstić information content (AvgIpc) is 3.32. The molecule has 0 bridgehead atoms. The number of aliphatic hydroxyl groups is 5. The average molecular weight is 930 g/mol. The second-order valence-electron chi connectivity index (χ2n) is 19.0. The molecule has 1 aliphatic heterocycles. The van der Waals surface area contributed by atoms with Gasteiger partial charge in [-0.15, -0.1) is 0 Å². The Morgan fingerprint density at radius 3 is 1.39 bits per heavy atom. The van der Waals surface area contributed by atoms with E-state index in [0.717, 1.165) is 57.8 Å². The summed E-state index contributed by atoms with van der Waals surface area (Å²) in [7, 11) is 0. The molecule has 0 aromatic heterocycles. The predicted molar refractivity (Wildman–Crippen MR) is 276 cm³/mol. The first-order chi connectivity index (χ1) is 32.3. The summed E-state index contributed by atoms with van der Waals surface area (Å²) in [5.41, 5.74) is 0. The molecule has 0 spiro atoms. The maximum Gasteiger partial charge on any atom is 0.220 e. The largest absolute Gasteiger partial charge is 0.394 e. The summed E-state index contributed by atoms with van der Waals surface area (Å²) >= 11 is 0. The van der Waals surface area contributed by atoms with Crippen molar-refractivity contribution in [2.45, 2.75) is 281 Å². The van der Waals surface area contributed by atoms with Gasteiger partial charge in [-0.05, 0) is 57.8 Å². The highest BCUT2D eigenvalue weighted by molar-refractivity contribution is 5.76. The molecule has 0 radical (unpaired) electrons. The van der Waals surface area contributed by atoms with Crippen LogP contribution < -0.4 is 5.32 Å². The van der Waals surface area contributed by atoms with Crippen molar-refractivity contribution >= 4 is 5.91 Å². The second-order valence-corrected chi connectivity index (χ2v) is 19.0. The Morgan fingerprint density at radius 1 is 0.530 bits per heavy atom. The number of hydrogen-bond donors (Lipinski definition) is 6. The molecule has 1 saturated heterocycles. The van der Waals surface area contributed by atoms with Crippen LogP contribution in [0.5, 0.6) is 0 Å². The molecule has 6 N–H and O–H groups in total. The van der Waals surface area contributed by atoms with Crippen LogP contribution in [-0.4, -0.2) is 87.5 Å². The lowest BCUT2D eigenvalue weighted by atomic mass is 9.99. The van der Waals surface area contributed by atoms with Gasteiger partial charge < -0.3 is 40.3 Å². The molecule has 1 aliphatic rings. The number of aliphatic hydroxyl groups excluding tert-OH is 5. The summed E-state index contributed by atoms with van der Waals surface area (Å²) in [6.07, 6.45) is 55.8. The Labute approximate surface area is 405 Å². The number of allylic oxidation sites excluding steroid dienone is 9. The first-order valence-corrected chi connectivity index (χ1v) is 27.5. The predicted octanol–water partition coefficient (Wildman–Crippen LogP) is 13.1. The Hall–Kier alpha value is -2.11. The molecule has 1 rings (SSSR count). The Morgan fingerprint density at radius 2 is 0.939 bits per heavy atom. The molecule has 9 heteroatoms. The normalized spacial score (nSPS) is 20.3. The number of carbonyl (C=O) groups is 1. The number of rotatable bonds is 46. The van der Waals surface area contributed by atoms with E-state index in [0.29, 0.717) is 12.8 Å². The third-order valence-electron chi connectivity index (χ3n) is 12.8. The van der Waals surface area contributed by atoms with Gasteiger partial charge in [0.15, 0.2) is 6.29 Å². The molecule has 0 aromatic rings. The van der Waals surface area contributed by atoms with Gasteiger partial charge in [0.25, 0.3) is 0 Å². The van der Waals surface area contributed by atoms with E-state index in [4.69, 9.17) is 9.47 Å². The molecular weight excluding hydrogens is 827 g/mol. The maximum atomic E-state index is 13.0. The molecule has 0 aliphatic carbocycles. The van der Waals surface area contributed by atoms with E-state index in [1.54, 1.807) is 6.08 Å². The molecule has 1 fully saturated rings. The van der Waals surface area contributed by atoms with Crippen molar-refractivity contribution in [1.82, 2.24) is 5.32 Å². The van der Waals surface area contributed by atoms with Crippen molar-refractivity contribution in [3.63, 3.8) is 0 Å². The Kier molecular flexibility index (Phi) is 43.7. The molecule has 1 heterocycles. The maximum absolute atomic E-state index is 13.0. The van der Waals surface area contributed by atoms with Crippen molar-refractivity contribution in [2.24, 2.45) is 0 Å². The van der Waals surface area contributed by atoms with Crippen LogP contribution in [0.25, 0.3) is 0 Å². The summed E-state index contributed by atoms with van der Waals surface area (Å²) in [4.78, 5) is 13.0. The molecule has 0 aromatic carbocycles. The lowest BCUT2D eigenvalue weighted by Crippen LogP contribution is -2.60. The minimum Gasteiger partial charge on any atom is -0.394 e. The van der Waals surface area contributed by atoms with Crippen molar-refractivity contribution < 1.29 is 39.8 Å². The van der Waals surface area contributed by atoms with Crippen LogP contribution in [0.1, 0.15) is 239 Å². The number of carbonyl (C=O) groups excluding carboxylic acids is 1. The number of unbranched alkanes of at least 4 members (excludes halogenated alkanes) is 28. The van der Waals surface area contributed by atoms with Gasteiger partial charge in [-0.1, -0.05) is 235 Å². The quantitative estimate of drug-likeness (QED) is 0.0261. The standard InChI is InChI=1S/C57H103NO8/c1-3-5-7-9-11-13-15-17-19-20-21-22-23-24-25-26-27-28-29-30-31-33-34-36-38-40-42-44-46-51(60)50(49-65-57-56(64)55(63)54(62)52(48-59)66-57)58-53(61)47-45-43-41-39-37-35-32-18-16-14-12-10-8-6-4-2/h6,8,12,14,18,32,37,39,44,46,50-52,54-57,59-60,62-64H,3-5,7,9-11,13,15-17,19-31,33-36,38,40-43,45,47-49H2,1-2H3,(H,58,61)/b8-6-,14-12-,32-18-,39-37-,46-44+. The summed E-state index contributed by atoms with van der Waals surface area (Å²) in [5, 5.41) is 54.4. The minimum atomic E-state index is -1.58. The zero-order chi connectivity index (χ0) is 48.0. The zero-order valence-corrected chi connectivity index (χ0v) is 42.4. The SMILES string of the molecule is CC/C=C\C/C=C\C/C=C\C/C=C\CCCCC(=O)NC(COC1OC(CO)C(O)C(O)C1O)C(O)/C=C/CCCCCCCCCCCCCCCCCCCCCCCCCCCC. The Bertz CT molecular complexity index is 1220. The van der Waals surface area contributed by atoms with Crippen LogP contribution >= 0.6 is 0 Å². The molecule has 7 unspecified atom stereocenters. The number of hydrogen-bond acceptors (Lipinski definition) is 8. The number of ether oxygens (including phenoxy) is 2. The van der Waals surface area contributed by atoms with Gasteiger partial charge in [-0.2, -0.15) is 0 Å². The molecular formula is C57H103NO8. The molecule has 384 valence electrons. The zero-order valence-electron chi connectivity index (χ0n) is 42.4. The van der Waals surface area contributed by atoms with Gasteiger partial charge in [0, 0.05) is 6.42 Å². The summed E-state index contributed by atoms with van der Waals surface area (Å²) in [6, 6.07) is -0.829. The first-order valence-electron chi connectivity index (χ1n) is 27.5. The van der Waals surface area contributed by atoms with Gasteiger partial charge in [-0.3, -0.25) is 4.79 Å². The van der Waals surface area contributed by atoms with Crippen LogP contribution in [-0.2, 0) is 14.3 Å². The Balaban J connectivity index is 2.23. The minimum absolute atomic E-state index is 0.207. The van der Waals surface area contributed by atoms with E-state index < -0.39 is 49.5 Å². The van der Waals surface area contributed by atoms with Gasteiger partial charge in [0.2, 0.25) is 5.91 Å². The van der Waals surface area contributed by atoms with E-state index >= 15 is 0 Å². The molecule has 7 atom stereocenters. The fraction of sp³-hybridized carbons (Fsp3) is 0.807. The number of nitrogens with one attached hydrogen (secondary N) is 1. The van der Waals surface area contributed by atoms with E-state index in [9.17, 15) is 30.3 Å². The fourth-order valence-corrected chi connectivity index (χ4v) is 8.50. The van der Waals surface area contributed by atoms with Gasteiger partial charge >= 0.3 is 0 Å². The molecule has 66 heavy (non-hydrogen) atoms. The summed E-state index contributed by atoms with van der Waals surface area (Å²) in [5.74, 6) is -0.217. The molecule has 9 nitrogen and oxygen atoms in total. The van der Waals surface area contributed by atoms with Crippen LogP contribution in [0, 0.1) is 0 Å². The monoisotopic (exact) mass is 930 g/mol.